The third-order valence-electron chi connectivity index (χ3n) is 4.93. The van der Waals surface area contributed by atoms with Gasteiger partial charge in [0, 0.05) is 24.1 Å². The van der Waals surface area contributed by atoms with E-state index in [0.717, 1.165) is 18.3 Å². The summed E-state index contributed by atoms with van der Waals surface area (Å²) in [5.41, 5.74) is 1.42. The predicted molar refractivity (Wildman–Crippen MR) is 68.9 cm³/mol. The first-order valence-corrected chi connectivity index (χ1v) is 7.08. The van der Waals surface area contributed by atoms with E-state index in [4.69, 9.17) is 4.42 Å². The van der Waals surface area contributed by atoms with Gasteiger partial charge in [0.05, 0.1) is 6.26 Å². The van der Waals surface area contributed by atoms with Gasteiger partial charge in [0.25, 0.3) is 0 Å². The summed E-state index contributed by atoms with van der Waals surface area (Å²) in [6.07, 6.45) is 8.22. The lowest BCUT2D eigenvalue weighted by Crippen LogP contribution is -2.36. The Morgan fingerprint density at radius 2 is 2.12 bits per heavy atom. The van der Waals surface area contributed by atoms with Crippen LogP contribution in [0.1, 0.15) is 56.9 Å². The van der Waals surface area contributed by atoms with Crippen LogP contribution in [-0.4, -0.2) is 6.04 Å². The molecule has 1 aromatic heterocycles. The van der Waals surface area contributed by atoms with Crippen molar-refractivity contribution in [2.75, 3.05) is 0 Å². The number of hydrogen-bond donors (Lipinski definition) is 1. The molecule has 0 amide bonds. The molecule has 1 aromatic rings. The van der Waals surface area contributed by atoms with Crippen molar-refractivity contribution in [3.8, 4) is 0 Å². The highest BCUT2D eigenvalue weighted by atomic mass is 16.3. The zero-order valence-corrected chi connectivity index (χ0v) is 10.9. The molecule has 3 rings (SSSR count). The Kier molecular flexibility index (Phi) is 2.99. The number of nitrogens with one attached hydrogen (secondary N) is 1. The zero-order chi connectivity index (χ0) is 11.8. The van der Waals surface area contributed by atoms with Crippen molar-refractivity contribution in [1.82, 2.24) is 5.32 Å². The normalized spacial score (nSPS) is 37.1. The highest BCUT2D eigenvalue weighted by Crippen LogP contribution is 2.36. The molecule has 1 saturated carbocycles. The summed E-state index contributed by atoms with van der Waals surface area (Å²) in [6, 6.07) is 3.40. The maximum atomic E-state index is 5.56. The third-order valence-corrected chi connectivity index (χ3v) is 4.93. The van der Waals surface area contributed by atoms with Crippen molar-refractivity contribution in [2.45, 2.75) is 58.0 Å². The van der Waals surface area contributed by atoms with Crippen LogP contribution in [0.5, 0.6) is 0 Å². The Morgan fingerprint density at radius 1 is 1.24 bits per heavy atom. The van der Waals surface area contributed by atoms with Crippen molar-refractivity contribution in [1.29, 1.82) is 0 Å². The second-order valence-corrected chi connectivity index (χ2v) is 5.93. The minimum absolute atomic E-state index is 0.537. The fourth-order valence-corrected chi connectivity index (χ4v) is 3.52. The van der Waals surface area contributed by atoms with Crippen LogP contribution < -0.4 is 5.32 Å². The summed E-state index contributed by atoms with van der Waals surface area (Å²) in [5, 5.41) is 3.88. The lowest BCUT2D eigenvalue weighted by molar-refractivity contribution is 0.315. The topological polar surface area (TPSA) is 25.2 Å². The molecular weight excluding hydrogens is 210 g/mol. The Hall–Kier alpha value is -0.760. The maximum Gasteiger partial charge on any atom is 0.108 e. The van der Waals surface area contributed by atoms with Crippen LogP contribution in [0.4, 0.5) is 0 Å². The largest absolute Gasteiger partial charge is 0.469 e. The molecule has 0 aromatic carbocycles. The van der Waals surface area contributed by atoms with Crippen LogP contribution in [0.2, 0.25) is 0 Å². The molecule has 1 heterocycles. The van der Waals surface area contributed by atoms with Crippen LogP contribution in [-0.2, 0) is 6.42 Å². The minimum Gasteiger partial charge on any atom is -0.469 e. The van der Waals surface area contributed by atoms with Gasteiger partial charge in [0.2, 0.25) is 0 Å². The van der Waals surface area contributed by atoms with Gasteiger partial charge in [0.1, 0.15) is 5.76 Å². The van der Waals surface area contributed by atoms with Crippen molar-refractivity contribution >= 4 is 0 Å². The van der Waals surface area contributed by atoms with Crippen LogP contribution in [0.3, 0.4) is 0 Å². The van der Waals surface area contributed by atoms with Gasteiger partial charge >= 0.3 is 0 Å². The van der Waals surface area contributed by atoms with Crippen molar-refractivity contribution < 1.29 is 4.42 Å². The molecule has 0 radical (unpaired) electrons. The third kappa shape index (κ3) is 2.03. The molecule has 0 spiro atoms. The van der Waals surface area contributed by atoms with E-state index in [9.17, 15) is 0 Å². The summed E-state index contributed by atoms with van der Waals surface area (Å²) in [7, 11) is 0. The summed E-state index contributed by atoms with van der Waals surface area (Å²) in [4.78, 5) is 0. The lowest BCUT2D eigenvalue weighted by atomic mass is 9.91. The molecule has 94 valence electrons. The number of hydrogen-bond acceptors (Lipinski definition) is 2. The molecule has 0 bridgehead atoms. The van der Waals surface area contributed by atoms with Crippen molar-refractivity contribution in [3.63, 3.8) is 0 Å². The Labute approximate surface area is 104 Å². The fourth-order valence-electron chi connectivity index (χ4n) is 3.52. The van der Waals surface area contributed by atoms with E-state index in [2.05, 4.69) is 25.2 Å². The van der Waals surface area contributed by atoms with E-state index < -0.39 is 0 Å². The van der Waals surface area contributed by atoms with Gasteiger partial charge in [-0.25, -0.2) is 0 Å². The van der Waals surface area contributed by atoms with Crippen LogP contribution >= 0.6 is 0 Å². The summed E-state index contributed by atoms with van der Waals surface area (Å²) < 4.78 is 5.56. The van der Waals surface area contributed by atoms with Crippen molar-refractivity contribution in [2.24, 2.45) is 11.8 Å². The molecule has 0 aliphatic heterocycles. The van der Waals surface area contributed by atoms with Gasteiger partial charge in [-0.15, -0.1) is 0 Å². The molecule has 1 fully saturated rings. The van der Waals surface area contributed by atoms with E-state index in [1.165, 1.54) is 37.0 Å². The summed E-state index contributed by atoms with van der Waals surface area (Å²) in [5.74, 6) is 2.90. The summed E-state index contributed by atoms with van der Waals surface area (Å²) >= 11 is 0. The molecular formula is C15H23NO. The molecule has 1 N–H and O–H groups in total. The van der Waals surface area contributed by atoms with E-state index in [1.54, 1.807) is 0 Å². The zero-order valence-electron chi connectivity index (χ0n) is 10.9. The molecule has 4 unspecified atom stereocenters. The number of furan rings is 1. The quantitative estimate of drug-likeness (QED) is 0.843. The fraction of sp³-hybridized carbons (Fsp3) is 0.733. The predicted octanol–water partition coefficient (Wildman–Crippen LogP) is 3.68. The van der Waals surface area contributed by atoms with Gasteiger partial charge in [-0.2, -0.15) is 0 Å². The van der Waals surface area contributed by atoms with E-state index in [-0.39, 0.29) is 0 Å². The Balaban J connectivity index is 1.71. The standard InChI is InChI=1S/C15H23NO/c1-10-6-7-13(11(10)2)16-14-4-3-5-15-12(14)8-9-17-15/h8-11,13-14,16H,3-7H2,1-2H3. The van der Waals surface area contributed by atoms with Crippen molar-refractivity contribution in [3.05, 3.63) is 23.7 Å². The van der Waals surface area contributed by atoms with Gasteiger partial charge in [-0.3, -0.25) is 0 Å². The first-order valence-electron chi connectivity index (χ1n) is 7.08. The highest BCUT2D eigenvalue weighted by Gasteiger charge is 2.33. The molecule has 2 nitrogen and oxygen atoms in total. The van der Waals surface area contributed by atoms with Crippen LogP contribution in [0, 0.1) is 11.8 Å². The highest BCUT2D eigenvalue weighted by molar-refractivity contribution is 5.24. The number of aryl methyl sites for hydroxylation is 1. The summed E-state index contributed by atoms with van der Waals surface area (Å²) in [6.45, 7) is 4.78. The van der Waals surface area contributed by atoms with E-state index in [0.29, 0.717) is 12.1 Å². The van der Waals surface area contributed by atoms with Crippen LogP contribution in [0.15, 0.2) is 16.7 Å². The average Bonchev–Trinajstić information content (AvgIpc) is 2.91. The average molecular weight is 233 g/mol. The molecule has 0 saturated heterocycles. The van der Waals surface area contributed by atoms with Gasteiger partial charge in [0.15, 0.2) is 0 Å². The van der Waals surface area contributed by atoms with Gasteiger partial charge in [-0.05, 0) is 43.6 Å². The Bertz CT molecular complexity index is 384. The van der Waals surface area contributed by atoms with E-state index in [1.807, 2.05) is 6.26 Å². The molecule has 17 heavy (non-hydrogen) atoms. The van der Waals surface area contributed by atoms with Gasteiger partial charge in [-0.1, -0.05) is 13.8 Å². The molecule has 2 heteroatoms. The monoisotopic (exact) mass is 233 g/mol. The van der Waals surface area contributed by atoms with Crippen LogP contribution in [0.25, 0.3) is 0 Å². The maximum absolute atomic E-state index is 5.56. The SMILES string of the molecule is CC1CCC(NC2CCCc3occc32)C1C. The number of rotatable bonds is 2. The second-order valence-electron chi connectivity index (χ2n) is 5.93. The number of fused-ring (bicyclic) bond motifs is 1. The first kappa shape index (κ1) is 11.3. The molecule has 2 aliphatic rings. The second kappa shape index (κ2) is 4.49. The van der Waals surface area contributed by atoms with E-state index >= 15 is 0 Å². The first-order chi connectivity index (χ1) is 8.25. The minimum atomic E-state index is 0.537. The smallest absolute Gasteiger partial charge is 0.108 e. The lowest BCUT2D eigenvalue weighted by Gasteiger charge is -2.29. The molecule has 4 atom stereocenters. The Morgan fingerprint density at radius 3 is 2.88 bits per heavy atom. The van der Waals surface area contributed by atoms with Gasteiger partial charge < -0.3 is 9.73 Å². The molecule has 2 aliphatic carbocycles.